The third kappa shape index (κ3) is 3.49. The molecule has 28 heavy (non-hydrogen) atoms. The molecule has 142 valence electrons. The molecule has 0 aliphatic heterocycles. The number of ether oxygens (including phenoxy) is 1. The lowest BCUT2D eigenvalue weighted by molar-refractivity contribution is 0.0937. The van der Waals surface area contributed by atoms with Gasteiger partial charge in [0.2, 0.25) is 0 Å². The Morgan fingerprint density at radius 2 is 2.04 bits per heavy atom. The Kier molecular flexibility index (Phi) is 4.85. The van der Waals surface area contributed by atoms with Crippen molar-refractivity contribution < 1.29 is 9.53 Å². The van der Waals surface area contributed by atoms with Crippen molar-refractivity contribution >= 4 is 16.8 Å². The lowest BCUT2D eigenvalue weighted by Crippen LogP contribution is -2.31. The van der Waals surface area contributed by atoms with Crippen molar-refractivity contribution in [3.8, 4) is 5.75 Å². The zero-order valence-electron chi connectivity index (χ0n) is 15.8. The smallest absolute Gasteiger partial charge is 0.268 e. The highest BCUT2D eigenvalue weighted by atomic mass is 16.5. The first-order valence-corrected chi connectivity index (χ1v) is 9.24. The van der Waals surface area contributed by atoms with Gasteiger partial charge in [0, 0.05) is 36.4 Å². The summed E-state index contributed by atoms with van der Waals surface area (Å²) in [5.41, 5.74) is 2.34. The van der Waals surface area contributed by atoms with Crippen LogP contribution in [-0.4, -0.2) is 27.0 Å². The van der Waals surface area contributed by atoms with E-state index in [1.165, 1.54) is 0 Å². The van der Waals surface area contributed by atoms with Crippen molar-refractivity contribution in [1.82, 2.24) is 19.9 Å². The molecule has 0 saturated carbocycles. The van der Waals surface area contributed by atoms with Gasteiger partial charge in [0.1, 0.15) is 23.3 Å². The molecule has 4 aromatic rings. The van der Waals surface area contributed by atoms with Gasteiger partial charge in [-0.25, -0.2) is 4.98 Å². The van der Waals surface area contributed by atoms with Gasteiger partial charge in [-0.2, -0.15) is 0 Å². The summed E-state index contributed by atoms with van der Waals surface area (Å²) in [5, 5.41) is 4.07. The molecule has 6 nitrogen and oxygen atoms in total. The summed E-state index contributed by atoms with van der Waals surface area (Å²) in [7, 11) is 1.92. The average molecular weight is 374 g/mol. The largest absolute Gasteiger partial charge is 0.494 e. The highest BCUT2D eigenvalue weighted by Gasteiger charge is 2.22. The first-order valence-electron chi connectivity index (χ1n) is 9.24. The van der Waals surface area contributed by atoms with Crippen LogP contribution >= 0.6 is 0 Å². The second-order valence-corrected chi connectivity index (χ2v) is 6.58. The van der Waals surface area contributed by atoms with E-state index in [2.05, 4.69) is 15.3 Å². The predicted molar refractivity (Wildman–Crippen MR) is 108 cm³/mol. The molecule has 0 bridgehead atoms. The van der Waals surface area contributed by atoms with Gasteiger partial charge in [0.15, 0.2) is 0 Å². The zero-order valence-corrected chi connectivity index (χ0v) is 15.8. The molecule has 0 saturated heterocycles. The molecular formula is C22H22N4O2. The molecule has 2 heterocycles. The van der Waals surface area contributed by atoms with Crippen LogP contribution in [0.15, 0.2) is 67.0 Å². The Bertz CT molecular complexity index is 1100. The first kappa shape index (κ1) is 17.9. The molecule has 0 aliphatic rings. The van der Waals surface area contributed by atoms with Crippen molar-refractivity contribution in [3.63, 3.8) is 0 Å². The van der Waals surface area contributed by atoms with Crippen LogP contribution in [0.3, 0.4) is 0 Å². The zero-order chi connectivity index (χ0) is 19.5. The molecule has 0 fully saturated rings. The fourth-order valence-electron chi connectivity index (χ4n) is 3.29. The first-order chi connectivity index (χ1) is 13.7. The number of carbonyl (C=O) groups is 1. The molecule has 0 aliphatic carbocycles. The van der Waals surface area contributed by atoms with Crippen LogP contribution in [0.2, 0.25) is 0 Å². The van der Waals surface area contributed by atoms with Crippen LogP contribution in [0, 0.1) is 0 Å². The van der Waals surface area contributed by atoms with E-state index in [4.69, 9.17) is 4.74 Å². The van der Waals surface area contributed by atoms with Crippen molar-refractivity contribution in [2.75, 3.05) is 6.61 Å². The summed E-state index contributed by atoms with van der Waals surface area (Å²) >= 11 is 0. The Morgan fingerprint density at radius 3 is 2.75 bits per heavy atom. The number of rotatable bonds is 6. The van der Waals surface area contributed by atoms with E-state index in [-0.39, 0.29) is 11.9 Å². The second-order valence-electron chi connectivity index (χ2n) is 6.58. The Hall–Kier alpha value is -3.54. The van der Waals surface area contributed by atoms with Crippen LogP contribution in [0.5, 0.6) is 5.75 Å². The van der Waals surface area contributed by atoms with Gasteiger partial charge in [-0.1, -0.05) is 30.3 Å². The Balaban J connectivity index is 1.64. The van der Waals surface area contributed by atoms with E-state index in [1.807, 2.05) is 79.3 Å². The number of amides is 1. The van der Waals surface area contributed by atoms with Gasteiger partial charge in [-0.05, 0) is 30.7 Å². The molecule has 4 rings (SSSR count). The molecule has 0 spiro atoms. The third-order valence-electron chi connectivity index (χ3n) is 4.67. The summed E-state index contributed by atoms with van der Waals surface area (Å²) in [6.45, 7) is 2.54. The van der Waals surface area contributed by atoms with Crippen molar-refractivity contribution in [1.29, 1.82) is 0 Å². The van der Waals surface area contributed by atoms with E-state index in [1.54, 1.807) is 6.20 Å². The normalized spacial score (nSPS) is 12.1. The average Bonchev–Trinajstić information content (AvgIpc) is 3.33. The Labute approximate surface area is 163 Å². The highest BCUT2D eigenvalue weighted by Crippen LogP contribution is 2.24. The number of benzene rings is 2. The maximum absolute atomic E-state index is 13.0. The number of carbonyl (C=O) groups excluding carboxylic acids is 1. The standard InChI is InChI=1S/C22H22N4O2/c1-3-28-17-10-9-16-13-19(24-18(16)14-17)22(27)25-20(15-7-5-4-6-8-15)21-23-11-12-26(21)2/h4-14,20,24H,3H2,1-2H3,(H,25,27). The molecular weight excluding hydrogens is 352 g/mol. The SMILES string of the molecule is CCOc1ccc2cc(C(=O)NC(c3ccccc3)c3nccn3C)[nH]c2c1. The molecule has 0 radical (unpaired) electrons. The number of aromatic amines is 1. The predicted octanol–water partition coefficient (Wildman–Crippen LogP) is 3.82. The summed E-state index contributed by atoms with van der Waals surface area (Å²) in [4.78, 5) is 20.6. The summed E-state index contributed by atoms with van der Waals surface area (Å²) in [6.07, 6.45) is 3.60. The van der Waals surface area contributed by atoms with Crippen LogP contribution < -0.4 is 10.1 Å². The number of nitrogens with zero attached hydrogens (tertiary/aromatic N) is 2. The molecule has 1 amide bonds. The molecule has 2 aromatic carbocycles. The maximum atomic E-state index is 13.0. The number of aryl methyl sites for hydroxylation is 1. The maximum Gasteiger partial charge on any atom is 0.268 e. The lowest BCUT2D eigenvalue weighted by Gasteiger charge is -2.18. The van der Waals surface area contributed by atoms with E-state index < -0.39 is 0 Å². The summed E-state index contributed by atoms with van der Waals surface area (Å²) in [6, 6.07) is 17.1. The number of hydrogen-bond acceptors (Lipinski definition) is 3. The summed E-state index contributed by atoms with van der Waals surface area (Å²) < 4.78 is 7.45. The van der Waals surface area contributed by atoms with E-state index in [0.29, 0.717) is 12.3 Å². The molecule has 2 aromatic heterocycles. The number of imidazole rings is 1. The summed E-state index contributed by atoms with van der Waals surface area (Å²) in [5.74, 6) is 1.36. The molecule has 1 unspecified atom stereocenters. The van der Waals surface area contributed by atoms with E-state index in [9.17, 15) is 4.79 Å². The second kappa shape index (κ2) is 7.60. The van der Waals surface area contributed by atoms with Gasteiger partial charge < -0.3 is 19.6 Å². The third-order valence-corrected chi connectivity index (χ3v) is 4.67. The number of nitrogens with one attached hydrogen (secondary N) is 2. The number of aromatic nitrogens is 3. The van der Waals surface area contributed by atoms with Crippen molar-refractivity contribution in [2.45, 2.75) is 13.0 Å². The lowest BCUT2D eigenvalue weighted by atomic mass is 10.1. The minimum absolute atomic E-state index is 0.189. The van der Waals surface area contributed by atoms with Gasteiger partial charge in [-0.15, -0.1) is 0 Å². The van der Waals surface area contributed by atoms with Gasteiger partial charge >= 0.3 is 0 Å². The van der Waals surface area contributed by atoms with Crippen LogP contribution in [0.4, 0.5) is 0 Å². The van der Waals surface area contributed by atoms with Crippen LogP contribution in [-0.2, 0) is 7.05 Å². The fraction of sp³-hybridized carbons (Fsp3) is 0.182. The Morgan fingerprint density at radius 1 is 1.21 bits per heavy atom. The fourth-order valence-corrected chi connectivity index (χ4v) is 3.29. The van der Waals surface area contributed by atoms with E-state index >= 15 is 0 Å². The quantitative estimate of drug-likeness (QED) is 0.539. The van der Waals surface area contributed by atoms with Gasteiger partial charge in [0.05, 0.1) is 6.61 Å². The number of hydrogen-bond donors (Lipinski definition) is 2. The van der Waals surface area contributed by atoms with Crippen LogP contribution in [0.25, 0.3) is 10.9 Å². The number of fused-ring (bicyclic) bond motifs is 1. The monoisotopic (exact) mass is 374 g/mol. The topological polar surface area (TPSA) is 71.9 Å². The molecule has 6 heteroatoms. The van der Waals surface area contributed by atoms with Crippen molar-refractivity contribution in [3.05, 3.63) is 84.1 Å². The van der Waals surface area contributed by atoms with E-state index in [0.717, 1.165) is 28.0 Å². The van der Waals surface area contributed by atoms with Crippen LogP contribution in [0.1, 0.15) is 34.8 Å². The van der Waals surface area contributed by atoms with Crippen molar-refractivity contribution in [2.24, 2.45) is 7.05 Å². The number of H-pyrrole nitrogens is 1. The minimum atomic E-state index is -0.348. The highest BCUT2D eigenvalue weighted by molar-refractivity contribution is 5.98. The molecule has 1 atom stereocenters. The molecule has 2 N–H and O–H groups in total. The van der Waals surface area contributed by atoms with Gasteiger partial charge in [0.25, 0.3) is 5.91 Å². The van der Waals surface area contributed by atoms with Gasteiger partial charge in [-0.3, -0.25) is 4.79 Å². The minimum Gasteiger partial charge on any atom is -0.494 e.